The van der Waals surface area contributed by atoms with Crippen LogP contribution in [0.25, 0.3) is 0 Å². The molecule has 0 fully saturated rings. The van der Waals surface area contributed by atoms with Gasteiger partial charge in [0.25, 0.3) is 0 Å². The predicted octanol–water partition coefficient (Wildman–Crippen LogP) is 3.85. The van der Waals surface area contributed by atoms with Gasteiger partial charge in [-0.1, -0.05) is 26.0 Å². The fourth-order valence-electron chi connectivity index (χ4n) is 2.64. The minimum absolute atomic E-state index is 0.0215. The van der Waals surface area contributed by atoms with Gasteiger partial charge < -0.3 is 14.8 Å². The number of carbonyl (C=O) groups excluding carboxylic acids is 1. The monoisotopic (exact) mass is 484 g/mol. The number of amides is 1. The first-order valence-electron chi connectivity index (χ1n) is 8.87. The zero-order valence-corrected chi connectivity index (χ0v) is 19.4. The van der Waals surface area contributed by atoms with E-state index < -0.39 is 15.9 Å². The summed E-state index contributed by atoms with van der Waals surface area (Å²) in [6.07, 6.45) is 0. The van der Waals surface area contributed by atoms with Crippen molar-refractivity contribution >= 4 is 37.5 Å². The fraction of sp³-hybridized carbons (Fsp3) is 0.350. The van der Waals surface area contributed by atoms with Gasteiger partial charge in [-0.15, -0.1) is 0 Å². The highest BCUT2D eigenvalue weighted by Crippen LogP contribution is 2.36. The Morgan fingerprint density at radius 1 is 1.10 bits per heavy atom. The molecule has 1 amide bonds. The normalized spacial score (nSPS) is 11.6. The van der Waals surface area contributed by atoms with Crippen molar-refractivity contribution in [2.75, 3.05) is 33.1 Å². The highest BCUT2D eigenvalue weighted by atomic mass is 79.9. The number of likely N-dealkylation sites (N-methyl/N-ethyl adjacent to an activating group) is 1. The first-order valence-corrected chi connectivity index (χ1v) is 11.1. The molecule has 0 aliphatic carbocycles. The largest absolute Gasteiger partial charge is 0.493 e. The van der Waals surface area contributed by atoms with Gasteiger partial charge in [0.2, 0.25) is 15.9 Å². The summed E-state index contributed by atoms with van der Waals surface area (Å²) in [4.78, 5) is 12.3. The van der Waals surface area contributed by atoms with Crippen molar-refractivity contribution in [3.05, 3.63) is 46.4 Å². The molecule has 0 saturated heterocycles. The van der Waals surface area contributed by atoms with E-state index in [1.807, 2.05) is 12.1 Å². The number of anilines is 1. The van der Waals surface area contributed by atoms with Crippen LogP contribution in [0.2, 0.25) is 0 Å². The van der Waals surface area contributed by atoms with E-state index in [0.29, 0.717) is 21.8 Å². The summed E-state index contributed by atoms with van der Waals surface area (Å²) in [6.45, 7) is 3.83. The van der Waals surface area contributed by atoms with E-state index in [9.17, 15) is 13.2 Å². The minimum Gasteiger partial charge on any atom is -0.493 e. The van der Waals surface area contributed by atoms with Crippen LogP contribution in [0.1, 0.15) is 25.3 Å². The van der Waals surface area contributed by atoms with Crippen LogP contribution >= 0.6 is 15.9 Å². The van der Waals surface area contributed by atoms with Crippen molar-refractivity contribution < 1.29 is 22.7 Å². The minimum atomic E-state index is -3.94. The van der Waals surface area contributed by atoms with E-state index in [-0.39, 0.29) is 17.2 Å². The van der Waals surface area contributed by atoms with Crippen LogP contribution in [0, 0.1) is 0 Å². The molecular weight excluding hydrogens is 460 g/mol. The molecular formula is C20H25BrN2O5S. The molecule has 0 atom stereocenters. The Bertz CT molecular complexity index is 975. The Kier molecular flexibility index (Phi) is 7.67. The number of nitrogens with one attached hydrogen (secondary N) is 1. The number of methoxy groups -OCH3 is 2. The number of benzene rings is 2. The number of hydrogen-bond donors (Lipinski definition) is 1. The zero-order chi connectivity index (χ0) is 21.8. The number of halogens is 1. The highest BCUT2D eigenvalue weighted by molar-refractivity contribution is 9.10. The van der Waals surface area contributed by atoms with Crippen LogP contribution in [0.5, 0.6) is 11.5 Å². The third kappa shape index (κ3) is 5.49. The van der Waals surface area contributed by atoms with Gasteiger partial charge in [0.1, 0.15) is 4.90 Å². The van der Waals surface area contributed by atoms with Crippen molar-refractivity contribution in [3.63, 3.8) is 0 Å². The molecule has 9 heteroatoms. The molecule has 0 aliphatic rings. The molecule has 158 valence electrons. The lowest BCUT2D eigenvalue weighted by molar-refractivity contribution is -0.116. The molecule has 2 rings (SSSR count). The fourth-order valence-corrected chi connectivity index (χ4v) is 4.76. The lowest BCUT2D eigenvalue weighted by Crippen LogP contribution is -2.35. The molecule has 29 heavy (non-hydrogen) atoms. The van der Waals surface area contributed by atoms with E-state index in [1.54, 1.807) is 12.1 Å². The third-order valence-corrected chi connectivity index (χ3v) is 7.12. The van der Waals surface area contributed by atoms with E-state index in [2.05, 4.69) is 35.1 Å². The summed E-state index contributed by atoms with van der Waals surface area (Å²) >= 11 is 3.25. The van der Waals surface area contributed by atoms with Crippen LogP contribution in [0.15, 0.2) is 45.8 Å². The number of sulfonamides is 1. The van der Waals surface area contributed by atoms with E-state index in [1.165, 1.54) is 33.4 Å². The molecule has 0 aliphatic heterocycles. The van der Waals surface area contributed by atoms with Gasteiger partial charge in [0.15, 0.2) is 11.5 Å². The van der Waals surface area contributed by atoms with Crippen LogP contribution in [0.4, 0.5) is 5.69 Å². The first kappa shape index (κ1) is 23.2. The van der Waals surface area contributed by atoms with Gasteiger partial charge in [0.05, 0.1) is 20.8 Å². The molecule has 0 unspecified atom stereocenters. The molecule has 0 spiro atoms. The van der Waals surface area contributed by atoms with Crippen molar-refractivity contribution in [1.82, 2.24) is 4.31 Å². The second kappa shape index (κ2) is 9.60. The maximum atomic E-state index is 12.9. The maximum absolute atomic E-state index is 12.9. The first-order chi connectivity index (χ1) is 13.6. The smallest absolute Gasteiger partial charge is 0.244 e. The lowest BCUT2D eigenvalue weighted by Gasteiger charge is -2.19. The third-order valence-electron chi connectivity index (χ3n) is 4.35. The van der Waals surface area contributed by atoms with Crippen molar-refractivity contribution in [2.24, 2.45) is 0 Å². The van der Waals surface area contributed by atoms with Crippen molar-refractivity contribution in [2.45, 2.75) is 24.7 Å². The molecule has 0 aromatic heterocycles. The number of hydrogen-bond acceptors (Lipinski definition) is 5. The maximum Gasteiger partial charge on any atom is 0.244 e. The predicted molar refractivity (Wildman–Crippen MR) is 116 cm³/mol. The van der Waals surface area contributed by atoms with Gasteiger partial charge in [-0.3, -0.25) is 4.79 Å². The summed E-state index contributed by atoms with van der Waals surface area (Å²) in [5.41, 5.74) is 1.76. The van der Waals surface area contributed by atoms with Crippen molar-refractivity contribution in [1.29, 1.82) is 0 Å². The van der Waals surface area contributed by atoms with Gasteiger partial charge in [0, 0.05) is 23.3 Å². The second-order valence-corrected chi connectivity index (χ2v) is 9.59. The molecule has 2 aromatic carbocycles. The molecule has 0 radical (unpaired) electrons. The van der Waals surface area contributed by atoms with Gasteiger partial charge in [-0.2, -0.15) is 4.31 Å². The molecule has 1 N–H and O–H groups in total. The average molecular weight is 485 g/mol. The zero-order valence-electron chi connectivity index (χ0n) is 17.0. The molecule has 2 aromatic rings. The van der Waals surface area contributed by atoms with Gasteiger partial charge in [-0.25, -0.2) is 8.42 Å². The van der Waals surface area contributed by atoms with Crippen molar-refractivity contribution in [3.8, 4) is 11.5 Å². The summed E-state index contributed by atoms with van der Waals surface area (Å²) in [5.74, 6) is 0.613. The number of carbonyl (C=O) groups is 1. The Labute approximate surface area is 180 Å². The Hall–Kier alpha value is -2.10. The quantitative estimate of drug-likeness (QED) is 0.614. The lowest BCUT2D eigenvalue weighted by atomic mass is 10.0. The number of rotatable bonds is 8. The topological polar surface area (TPSA) is 84.9 Å². The van der Waals surface area contributed by atoms with E-state index in [0.717, 1.165) is 9.87 Å². The number of nitrogens with zero attached hydrogens (tertiary/aromatic N) is 1. The Morgan fingerprint density at radius 2 is 1.66 bits per heavy atom. The summed E-state index contributed by atoms with van der Waals surface area (Å²) < 4.78 is 37.5. The molecule has 0 saturated carbocycles. The Morgan fingerprint density at radius 3 is 2.17 bits per heavy atom. The van der Waals surface area contributed by atoms with Crippen LogP contribution in [-0.2, 0) is 14.8 Å². The average Bonchev–Trinajstić information content (AvgIpc) is 2.67. The number of ether oxygens (including phenoxy) is 2. The second-order valence-electron chi connectivity index (χ2n) is 6.72. The summed E-state index contributed by atoms with van der Waals surface area (Å²) in [5, 5.41) is 2.72. The summed E-state index contributed by atoms with van der Waals surface area (Å²) in [6, 6.07) is 10.3. The van der Waals surface area contributed by atoms with Gasteiger partial charge in [-0.05, 0) is 45.6 Å². The van der Waals surface area contributed by atoms with Crippen LogP contribution in [-0.4, -0.2) is 46.4 Å². The summed E-state index contributed by atoms with van der Waals surface area (Å²) in [7, 11) is 0.286. The van der Waals surface area contributed by atoms with Crippen LogP contribution < -0.4 is 14.8 Å². The highest BCUT2D eigenvalue weighted by Gasteiger charge is 2.27. The molecule has 0 bridgehead atoms. The van der Waals surface area contributed by atoms with Crippen LogP contribution in [0.3, 0.4) is 0 Å². The SMILES string of the molecule is COc1cc(Br)c(S(=O)(=O)N(C)CC(=O)Nc2ccc(C(C)C)cc2)cc1OC. The van der Waals surface area contributed by atoms with E-state index in [4.69, 9.17) is 9.47 Å². The van der Waals surface area contributed by atoms with Gasteiger partial charge >= 0.3 is 0 Å². The standard InChI is InChI=1S/C20H25BrN2O5S/c1-13(2)14-6-8-15(9-7-14)22-20(24)12-23(3)29(25,26)19-11-18(28-5)17(27-4)10-16(19)21/h6-11,13H,12H2,1-5H3,(H,22,24). The van der Waals surface area contributed by atoms with E-state index >= 15 is 0 Å². The molecule has 0 heterocycles. The Balaban J connectivity index is 2.16. The molecule has 7 nitrogen and oxygen atoms in total.